The van der Waals surface area contributed by atoms with Crippen LogP contribution in [0.1, 0.15) is 31.1 Å². The third-order valence-corrected chi connectivity index (χ3v) is 4.18. The van der Waals surface area contributed by atoms with E-state index in [0.717, 1.165) is 5.39 Å². The minimum Gasteiger partial charge on any atom is -0.490 e. The van der Waals surface area contributed by atoms with Crippen molar-refractivity contribution in [2.45, 2.75) is 20.8 Å². The van der Waals surface area contributed by atoms with E-state index in [1.807, 2.05) is 45.0 Å². The summed E-state index contributed by atoms with van der Waals surface area (Å²) in [5.41, 5.74) is 1.86. The molecule has 0 bridgehead atoms. The first-order valence-electron chi connectivity index (χ1n) is 9.51. The number of carbonyl (C=O) groups is 2. The molecule has 148 valence electrons. The first-order valence-corrected chi connectivity index (χ1v) is 9.51. The van der Waals surface area contributed by atoms with E-state index in [-0.39, 0.29) is 5.56 Å². The lowest BCUT2D eigenvalue weighted by atomic mass is 10.0. The molecule has 6 nitrogen and oxygen atoms in total. The molecule has 2 aromatic carbocycles. The van der Waals surface area contributed by atoms with Crippen molar-refractivity contribution in [3.05, 3.63) is 66.5 Å². The Morgan fingerprint density at radius 1 is 1.03 bits per heavy atom. The van der Waals surface area contributed by atoms with E-state index in [9.17, 15) is 9.59 Å². The summed E-state index contributed by atoms with van der Waals surface area (Å²) in [5.74, 6) is -0.835. The Labute approximate surface area is 168 Å². The van der Waals surface area contributed by atoms with Crippen molar-refractivity contribution in [1.29, 1.82) is 0 Å². The predicted molar refractivity (Wildman–Crippen MR) is 113 cm³/mol. The zero-order valence-electron chi connectivity index (χ0n) is 16.6. The summed E-state index contributed by atoms with van der Waals surface area (Å²) in [4.78, 5) is 29.2. The number of carbonyl (C=O) groups excluding carboxylic acids is 2. The van der Waals surface area contributed by atoms with Gasteiger partial charge in [0.1, 0.15) is 5.58 Å². The molecule has 0 atom stereocenters. The number of fused-ring (bicyclic) bond motifs is 3. The molecule has 0 saturated carbocycles. The van der Waals surface area contributed by atoms with Crippen LogP contribution in [0.15, 0.2) is 65.3 Å². The number of ether oxygens (including phenoxy) is 1. The Hall–Kier alpha value is -3.67. The number of hydrogen-bond acceptors (Lipinski definition) is 5. The van der Waals surface area contributed by atoms with Gasteiger partial charge >= 0.3 is 0 Å². The second kappa shape index (κ2) is 9.01. The van der Waals surface area contributed by atoms with Gasteiger partial charge in [-0.05, 0) is 37.3 Å². The third-order valence-electron chi connectivity index (χ3n) is 4.18. The van der Waals surface area contributed by atoms with Gasteiger partial charge in [-0.2, -0.15) is 0 Å². The number of pyridine rings is 1. The monoisotopic (exact) mass is 390 g/mol. The van der Waals surface area contributed by atoms with Gasteiger partial charge in [0.25, 0.3) is 11.7 Å². The van der Waals surface area contributed by atoms with Crippen LogP contribution in [0.25, 0.3) is 21.9 Å². The van der Waals surface area contributed by atoms with Crippen LogP contribution < -0.4 is 10.1 Å². The summed E-state index contributed by atoms with van der Waals surface area (Å²) in [5, 5.41) is 3.93. The lowest BCUT2D eigenvalue weighted by Gasteiger charge is -2.08. The molecule has 0 aliphatic heterocycles. The van der Waals surface area contributed by atoms with Crippen LogP contribution in [0.4, 0.5) is 5.69 Å². The third kappa shape index (κ3) is 3.96. The Kier molecular flexibility index (Phi) is 6.24. The molecule has 4 rings (SSSR count). The Morgan fingerprint density at radius 3 is 2.48 bits per heavy atom. The maximum atomic E-state index is 12.9. The number of aromatic nitrogens is 1. The fourth-order valence-corrected chi connectivity index (χ4v) is 3.01. The highest BCUT2D eigenvalue weighted by molar-refractivity contribution is 6.49. The van der Waals surface area contributed by atoms with Gasteiger partial charge in [0.2, 0.25) is 0 Å². The fraction of sp³-hybridized carbons (Fsp3) is 0.174. The fourth-order valence-electron chi connectivity index (χ4n) is 3.01. The Bertz CT molecular complexity index is 1150. The van der Waals surface area contributed by atoms with Gasteiger partial charge in [0.05, 0.1) is 6.61 Å². The normalized spacial score (nSPS) is 10.3. The number of Topliss-reactive ketones (excluding diaryl/α,β-unsaturated/α-hetero) is 1. The number of hydrogen-bond donors (Lipinski definition) is 1. The van der Waals surface area contributed by atoms with Crippen LogP contribution >= 0.6 is 0 Å². The summed E-state index contributed by atoms with van der Waals surface area (Å²) in [7, 11) is 0. The predicted octanol–water partition coefficient (Wildman–Crippen LogP) is 5.23. The van der Waals surface area contributed by atoms with Crippen LogP contribution in [0, 0.1) is 0 Å². The van der Waals surface area contributed by atoms with Crippen molar-refractivity contribution in [1.82, 2.24) is 4.98 Å². The van der Waals surface area contributed by atoms with Gasteiger partial charge in [-0.3, -0.25) is 14.6 Å². The minimum atomic E-state index is -0.725. The van der Waals surface area contributed by atoms with Gasteiger partial charge in [-0.15, -0.1) is 0 Å². The first-order chi connectivity index (χ1) is 14.2. The number of ketones is 1. The molecule has 29 heavy (non-hydrogen) atoms. The largest absolute Gasteiger partial charge is 0.490 e. The molecule has 4 aromatic rings. The van der Waals surface area contributed by atoms with Crippen LogP contribution in [-0.2, 0) is 4.79 Å². The molecular weight excluding hydrogens is 368 g/mol. The lowest BCUT2D eigenvalue weighted by molar-refractivity contribution is -0.112. The van der Waals surface area contributed by atoms with Crippen molar-refractivity contribution in [2.24, 2.45) is 0 Å². The highest BCUT2D eigenvalue weighted by atomic mass is 16.5. The minimum absolute atomic E-state index is 0.268. The van der Waals surface area contributed by atoms with Gasteiger partial charge in [-0.25, -0.2) is 0 Å². The summed E-state index contributed by atoms with van der Waals surface area (Å²) in [6.07, 6.45) is 3.08. The van der Waals surface area contributed by atoms with E-state index < -0.39 is 11.7 Å². The van der Waals surface area contributed by atoms with Gasteiger partial charge in [0.15, 0.2) is 11.3 Å². The molecule has 0 unspecified atom stereocenters. The van der Waals surface area contributed by atoms with E-state index in [4.69, 9.17) is 9.15 Å². The van der Waals surface area contributed by atoms with Crippen molar-refractivity contribution >= 4 is 39.3 Å². The Balaban J connectivity index is 0.00000117. The molecule has 0 aliphatic rings. The van der Waals surface area contributed by atoms with Crippen LogP contribution in [-0.4, -0.2) is 23.3 Å². The van der Waals surface area contributed by atoms with E-state index in [2.05, 4.69) is 10.3 Å². The molecular formula is C23H22N2O4. The Morgan fingerprint density at radius 2 is 1.76 bits per heavy atom. The smallest absolute Gasteiger partial charge is 0.296 e. The zero-order chi connectivity index (χ0) is 20.8. The molecule has 6 heteroatoms. The topological polar surface area (TPSA) is 81.4 Å². The van der Waals surface area contributed by atoms with E-state index in [0.29, 0.717) is 34.6 Å². The maximum absolute atomic E-state index is 12.9. The van der Waals surface area contributed by atoms with Gasteiger partial charge in [0, 0.05) is 34.4 Å². The number of rotatable bonds is 5. The summed E-state index contributed by atoms with van der Waals surface area (Å²) >= 11 is 0. The van der Waals surface area contributed by atoms with E-state index >= 15 is 0 Å². The lowest BCUT2D eigenvalue weighted by Crippen LogP contribution is -2.23. The number of para-hydroxylation sites is 1. The van der Waals surface area contributed by atoms with Crippen LogP contribution in [0.2, 0.25) is 0 Å². The number of benzene rings is 2. The number of nitrogens with zero attached hydrogens (tertiary/aromatic N) is 1. The average molecular weight is 390 g/mol. The molecule has 0 radical (unpaired) electrons. The second-order valence-electron chi connectivity index (χ2n) is 5.87. The molecule has 1 N–H and O–H groups in total. The molecule has 2 heterocycles. The molecule has 0 aliphatic carbocycles. The SMILES string of the molecule is CC.CCOc1ccc(C(=O)C(=O)Nc2ccncc2)c2c1oc1ccccc12. The number of nitrogens with one attached hydrogen (secondary N) is 1. The zero-order valence-corrected chi connectivity index (χ0v) is 16.6. The van der Waals surface area contributed by atoms with Crippen molar-refractivity contribution < 1.29 is 18.7 Å². The van der Waals surface area contributed by atoms with E-state index in [1.165, 1.54) is 0 Å². The molecule has 0 saturated heterocycles. The van der Waals surface area contributed by atoms with E-state index in [1.54, 1.807) is 36.7 Å². The van der Waals surface area contributed by atoms with Crippen molar-refractivity contribution in [2.75, 3.05) is 11.9 Å². The van der Waals surface area contributed by atoms with Crippen molar-refractivity contribution in [3.63, 3.8) is 0 Å². The summed E-state index contributed by atoms with van der Waals surface area (Å²) in [6, 6.07) is 13.9. The highest BCUT2D eigenvalue weighted by Crippen LogP contribution is 2.37. The summed E-state index contributed by atoms with van der Waals surface area (Å²) in [6.45, 7) is 6.33. The highest BCUT2D eigenvalue weighted by Gasteiger charge is 2.24. The molecule has 0 spiro atoms. The summed E-state index contributed by atoms with van der Waals surface area (Å²) < 4.78 is 11.5. The second-order valence-corrected chi connectivity index (χ2v) is 5.87. The molecule has 0 fully saturated rings. The first kappa shape index (κ1) is 20.1. The maximum Gasteiger partial charge on any atom is 0.296 e. The van der Waals surface area contributed by atoms with Gasteiger partial charge < -0.3 is 14.5 Å². The quantitative estimate of drug-likeness (QED) is 0.373. The number of amides is 1. The number of furan rings is 1. The van der Waals surface area contributed by atoms with Crippen LogP contribution in [0.3, 0.4) is 0 Å². The van der Waals surface area contributed by atoms with Gasteiger partial charge in [-0.1, -0.05) is 32.0 Å². The molecule has 1 amide bonds. The molecule has 2 aromatic heterocycles. The standard InChI is InChI=1S/C21H16N2O4.C2H6/c1-2-26-17-8-7-15(18-14-5-3-4-6-16(14)27-20(17)18)19(24)21(25)23-13-9-11-22-12-10-13;1-2/h3-12H,2H2,1H3,(H,22,23,25);1-2H3. The van der Waals surface area contributed by atoms with Crippen molar-refractivity contribution in [3.8, 4) is 5.75 Å². The number of anilines is 1. The van der Waals surface area contributed by atoms with Crippen LogP contribution in [0.5, 0.6) is 5.75 Å². The average Bonchev–Trinajstić information content (AvgIpc) is 3.16.